The lowest BCUT2D eigenvalue weighted by Crippen LogP contribution is -2.21. The Bertz CT molecular complexity index is 151. The van der Waals surface area contributed by atoms with Crippen LogP contribution in [0.15, 0.2) is 0 Å². The summed E-state index contributed by atoms with van der Waals surface area (Å²) in [5.41, 5.74) is 0. The highest BCUT2D eigenvalue weighted by molar-refractivity contribution is 4.85. The maximum Gasteiger partial charge on any atom is 0.223 e. The molecule has 62 valence electrons. The van der Waals surface area contributed by atoms with Gasteiger partial charge in [-0.25, -0.2) is 11.0 Å². The Hall–Kier alpha value is -0.580. The zero-order chi connectivity index (χ0) is 8.27. The van der Waals surface area contributed by atoms with Gasteiger partial charge in [0.15, 0.2) is 0 Å². The van der Waals surface area contributed by atoms with Crippen molar-refractivity contribution in [2.45, 2.75) is 44.8 Å². The summed E-state index contributed by atoms with van der Waals surface area (Å²) in [7, 11) is 0. The van der Waals surface area contributed by atoms with Crippen LogP contribution in [0.2, 0.25) is 0 Å². The summed E-state index contributed by atoms with van der Waals surface area (Å²) in [6.07, 6.45) is 2.95. The van der Waals surface area contributed by atoms with Crippen LogP contribution in [0, 0.1) is 12.5 Å². The summed E-state index contributed by atoms with van der Waals surface area (Å²) in [6, 6.07) is 0.185. The Morgan fingerprint density at radius 2 is 1.91 bits per heavy atom. The zero-order valence-corrected chi connectivity index (χ0v) is 6.89. The first kappa shape index (κ1) is 8.52. The molecule has 11 heavy (non-hydrogen) atoms. The lowest BCUT2D eigenvalue weighted by Gasteiger charge is -2.23. The third-order valence-electron chi connectivity index (χ3n) is 2.57. The number of alkyl halides is 1. The number of rotatable bonds is 1. The molecule has 1 aliphatic rings. The van der Waals surface area contributed by atoms with Crippen molar-refractivity contribution in [1.82, 2.24) is 0 Å². The van der Waals surface area contributed by atoms with Gasteiger partial charge in [0, 0.05) is 12.8 Å². The molecule has 0 aromatic heterocycles. The van der Waals surface area contributed by atoms with Gasteiger partial charge in [-0.05, 0) is 25.7 Å². The molecule has 0 N–H and O–H groups in total. The van der Waals surface area contributed by atoms with Crippen LogP contribution >= 0.6 is 0 Å². The van der Waals surface area contributed by atoms with Gasteiger partial charge in [0.2, 0.25) is 6.04 Å². The average molecular weight is 155 g/mol. The SMILES string of the molecule is [C-]#[N+]C1CCC(C(C)F)CC1. The van der Waals surface area contributed by atoms with Crippen LogP contribution in [0.5, 0.6) is 0 Å². The molecule has 1 saturated carbocycles. The van der Waals surface area contributed by atoms with Gasteiger partial charge in [-0.2, -0.15) is 0 Å². The van der Waals surface area contributed by atoms with Crippen LogP contribution in [-0.4, -0.2) is 12.2 Å². The van der Waals surface area contributed by atoms with E-state index in [4.69, 9.17) is 6.57 Å². The van der Waals surface area contributed by atoms with E-state index in [1.807, 2.05) is 0 Å². The molecular weight excluding hydrogens is 141 g/mol. The molecule has 0 aromatic rings. The molecule has 0 heterocycles. The van der Waals surface area contributed by atoms with Crippen molar-refractivity contribution in [1.29, 1.82) is 0 Å². The van der Waals surface area contributed by atoms with Gasteiger partial charge in [-0.3, -0.25) is 0 Å². The van der Waals surface area contributed by atoms with Gasteiger partial charge < -0.3 is 4.85 Å². The van der Waals surface area contributed by atoms with Gasteiger partial charge in [-0.15, -0.1) is 0 Å². The minimum Gasteiger partial charge on any atom is -0.314 e. The predicted molar refractivity (Wildman–Crippen MR) is 42.9 cm³/mol. The Kier molecular flexibility index (Phi) is 2.87. The molecule has 0 bridgehead atoms. The fraction of sp³-hybridized carbons (Fsp3) is 0.889. The van der Waals surface area contributed by atoms with E-state index < -0.39 is 6.17 Å². The third-order valence-corrected chi connectivity index (χ3v) is 2.57. The lowest BCUT2D eigenvalue weighted by molar-refractivity contribution is 0.194. The summed E-state index contributed by atoms with van der Waals surface area (Å²) < 4.78 is 12.7. The second-order valence-corrected chi connectivity index (χ2v) is 3.38. The van der Waals surface area contributed by atoms with E-state index in [1.54, 1.807) is 6.92 Å². The van der Waals surface area contributed by atoms with Gasteiger partial charge in [-0.1, -0.05) is 0 Å². The highest BCUT2D eigenvalue weighted by Gasteiger charge is 2.27. The first-order valence-corrected chi connectivity index (χ1v) is 4.24. The normalized spacial score (nSPS) is 34.3. The molecule has 1 unspecified atom stereocenters. The standard InChI is InChI=1S/C9H14FN/c1-7(10)8-3-5-9(11-2)6-4-8/h7-9H,3-6H2,1H3. The van der Waals surface area contributed by atoms with Crippen LogP contribution < -0.4 is 0 Å². The minimum absolute atomic E-state index is 0.185. The van der Waals surface area contributed by atoms with Crippen molar-refractivity contribution in [3.05, 3.63) is 11.4 Å². The number of hydrogen-bond acceptors (Lipinski definition) is 0. The molecule has 0 saturated heterocycles. The van der Waals surface area contributed by atoms with Crippen molar-refractivity contribution in [2.75, 3.05) is 0 Å². The van der Waals surface area contributed by atoms with Crippen LogP contribution in [0.3, 0.4) is 0 Å². The van der Waals surface area contributed by atoms with Crippen molar-refractivity contribution >= 4 is 0 Å². The maximum absolute atomic E-state index is 12.7. The maximum atomic E-state index is 12.7. The number of nitrogens with zero attached hydrogens (tertiary/aromatic N) is 1. The van der Waals surface area contributed by atoms with Crippen LogP contribution in [-0.2, 0) is 0 Å². The Labute approximate surface area is 67.4 Å². The largest absolute Gasteiger partial charge is 0.314 e. The molecule has 1 nitrogen and oxygen atoms in total. The fourth-order valence-electron chi connectivity index (χ4n) is 1.69. The second kappa shape index (κ2) is 3.71. The van der Waals surface area contributed by atoms with Gasteiger partial charge in [0.05, 0.1) is 0 Å². The zero-order valence-electron chi connectivity index (χ0n) is 6.89. The van der Waals surface area contributed by atoms with Crippen molar-refractivity contribution < 1.29 is 4.39 Å². The molecule has 1 atom stereocenters. The Balaban J connectivity index is 2.31. The molecule has 0 amide bonds. The van der Waals surface area contributed by atoms with E-state index in [0.29, 0.717) is 0 Å². The van der Waals surface area contributed by atoms with Crippen molar-refractivity contribution in [3.63, 3.8) is 0 Å². The Morgan fingerprint density at radius 1 is 1.36 bits per heavy atom. The highest BCUT2D eigenvalue weighted by atomic mass is 19.1. The first-order chi connectivity index (χ1) is 5.24. The molecule has 0 radical (unpaired) electrons. The monoisotopic (exact) mass is 155 g/mol. The van der Waals surface area contributed by atoms with E-state index in [1.165, 1.54) is 0 Å². The van der Waals surface area contributed by atoms with Gasteiger partial charge >= 0.3 is 0 Å². The molecule has 0 aliphatic heterocycles. The van der Waals surface area contributed by atoms with Crippen LogP contribution in [0.1, 0.15) is 32.6 Å². The molecule has 0 spiro atoms. The van der Waals surface area contributed by atoms with Gasteiger partial charge in [0.25, 0.3) is 0 Å². The Morgan fingerprint density at radius 3 is 2.27 bits per heavy atom. The summed E-state index contributed by atoms with van der Waals surface area (Å²) in [6.45, 7) is 8.43. The number of halogens is 1. The first-order valence-electron chi connectivity index (χ1n) is 4.24. The second-order valence-electron chi connectivity index (χ2n) is 3.38. The molecule has 2 heteroatoms. The summed E-state index contributed by atoms with van der Waals surface area (Å²) in [5, 5.41) is 0. The van der Waals surface area contributed by atoms with E-state index in [-0.39, 0.29) is 12.0 Å². The molecule has 1 rings (SSSR count). The van der Waals surface area contributed by atoms with Gasteiger partial charge in [0.1, 0.15) is 6.17 Å². The molecule has 1 fully saturated rings. The van der Waals surface area contributed by atoms with E-state index in [9.17, 15) is 4.39 Å². The lowest BCUT2D eigenvalue weighted by atomic mass is 9.84. The minimum atomic E-state index is -0.679. The van der Waals surface area contributed by atoms with Crippen LogP contribution in [0.25, 0.3) is 4.85 Å². The average Bonchev–Trinajstić information content (AvgIpc) is 2.05. The summed E-state index contributed by atoms with van der Waals surface area (Å²) in [5.74, 6) is 0.230. The van der Waals surface area contributed by atoms with E-state index in [2.05, 4.69) is 4.85 Å². The molecular formula is C9H14FN. The molecule has 1 aliphatic carbocycles. The smallest absolute Gasteiger partial charge is 0.223 e. The molecule has 0 aromatic carbocycles. The summed E-state index contributed by atoms with van der Waals surface area (Å²) in [4.78, 5) is 3.47. The third kappa shape index (κ3) is 2.18. The van der Waals surface area contributed by atoms with E-state index in [0.717, 1.165) is 25.7 Å². The fourth-order valence-corrected chi connectivity index (χ4v) is 1.69. The summed E-state index contributed by atoms with van der Waals surface area (Å²) >= 11 is 0. The predicted octanol–water partition coefficient (Wildman–Crippen LogP) is 2.82. The number of hydrogen-bond donors (Lipinski definition) is 0. The van der Waals surface area contributed by atoms with Crippen molar-refractivity contribution in [3.8, 4) is 0 Å². The van der Waals surface area contributed by atoms with Crippen molar-refractivity contribution in [2.24, 2.45) is 5.92 Å². The van der Waals surface area contributed by atoms with Crippen LogP contribution in [0.4, 0.5) is 4.39 Å². The topological polar surface area (TPSA) is 4.36 Å². The highest BCUT2D eigenvalue weighted by Crippen LogP contribution is 2.29. The quantitative estimate of drug-likeness (QED) is 0.513. The van der Waals surface area contributed by atoms with E-state index >= 15 is 0 Å².